The van der Waals surface area contributed by atoms with Crippen molar-refractivity contribution in [3.05, 3.63) is 70.6 Å². The summed E-state index contributed by atoms with van der Waals surface area (Å²) in [7, 11) is 1.74. The third-order valence-electron chi connectivity index (χ3n) is 3.87. The van der Waals surface area contributed by atoms with Gasteiger partial charge in [0.25, 0.3) is 0 Å². The smallest absolute Gasteiger partial charge is 0.328 e. The molecule has 0 spiro atoms. The van der Waals surface area contributed by atoms with Gasteiger partial charge in [-0.05, 0) is 17.7 Å². The Bertz CT molecular complexity index is 836. The predicted octanol–water partition coefficient (Wildman–Crippen LogP) is 1.92. The van der Waals surface area contributed by atoms with Gasteiger partial charge in [0.15, 0.2) is 0 Å². The van der Waals surface area contributed by atoms with Crippen molar-refractivity contribution in [2.45, 2.75) is 19.3 Å². The number of hydrogen-bond acceptors (Lipinski definition) is 3. The van der Waals surface area contributed by atoms with Gasteiger partial charge in [0, 0.05) is 7.05 Å². The van der Waals surface area contributed by atoms with E-state index in [2.05, 4.69) is 0 Å². The minimum atomic E-state index is -0.734. The van der Waals surface area contributed by atoms with E-state index >= 15 is 0 Å². The molecular formula is C18H20N2O3. The van der Waals surface area contributed by atoms with E-state index in [4.69, 9.17) is 4.74 Å². The molecule has 0 amide bonds. The van der Waals surface area contributed by atoms with E-state index in [0.29, 0.717) is 6.61 Å². The minimum absolute atomic E-state index is 0.131. The molecule has 120 valence electrons. The van der Waals surface area contributed by atoms with Crippen LogP contribution >= 0.6 is 0 Å². The van der Waals surface area contributed by atoms with Crippen molar-refractivity contribution in [3.63, 3.8) is 0 Å². The fraction of sp³-hybridized carbons (Fsp3) is 0.278. The summed E-state index contributed by atoms with van der Waals surface area (Å²) >= 11 is 0. The number of rotatable bonds is 6. The van der Waals surface area contributed by atoms with Gasteiger partial charge in [0.1, 0.15) is 0 Å². The van der Waals surface area contributed by atoms with Gasteiger partial charge in [-0.3, -0.25) is 9.13 Å². The van der Waals surface area contributed by atoms with E-state index in [-0.39, 0.29) is 18.8 Å². The number of ether oxygens (including phenoxy) is 1. The fourth-order valence-electron chi connectivity index (χ4n) is 2.69. The molecular weight excluding hydrogens is 292 g/mol. The lowest BCUT2D eigenvalue weighted by atomic mass is 10.2. The summed E-state index contributed by atoms with van der Waals surface area (Å²) in [6, 6.07) is 17.4. The van der Waals surface area contributed by atoms with Crippen molar-refractivity contribution in [2.75, 3.05) is 6.61 Å². The number of aliphatic hydroxyl groups is 1. The molecule has 1 aromatic heterocycles. The highest BCUT2D eigenvalue weighted by molar-refractivity contribution is 5.75. The molecule has 0 fully saturated rings. The zero-order chi connectivity index (χ0) is 16.2. The van der Waals surface area contributed by atoms with E-state index in [1.54, 1.807) is 16.2 Å². The van der Waals surface area contributed by atoms with Crippen LogP contribution in [0.5, 0.6) is 0 Å². The summed E-state index contributed by atoms with van der Waals surface area (Å²) in [6.07, 6.45) is -0.734. The fourth-order valence-corrected chi connectivity index (χ4v) is 2.69. The zero-order valence-electron chi connectivity index (χ0n) is 13.1. The first-order valence-electron chi connectivity index (χ1n) is 7.61. The number of hydrogen-bond donors (Lipinski definition) is 1. The van der Waals surface area contributed by atoms with Crippen molar-refractivity contribution < 1.29 is 9.84 Å². The summed E-state index contributed by atoms with van der Waals surface area (Å²) < 4.78 is 8.72. The molecule has 5 nitrogen and oxygen atoms in total. The zero-order valence-corrected chi connectivity index (χ0v) is 13.1. The topological polar surface area (TPSA) is 56.4 Å². The lowest BCUT2D eigenvalue weighted by molar-refractivity contribution is 0.0204. The summed E-state index contributed by atoms with van der Waals surface area (Å²) in [5.41, 5.74) is 2.60. The van der Waals surface area contributed by atoms with Gasteiger partial charge >= 0.3 is 5.69 Å². The van der Waals surface area contributed by atoms with E-state index in [1.807, 2.05) is 54.6 Å². The first kappa shape index (κ1) is 15.5. The van der Waals surface area contributed by atoms with E-state index in [9.17, 15) is 9.90 Å². The number of aliphatic hydroxyl groups excluding tert-OH is 1. The normalized spacial score (nSPS) is 12.6. The summed E-state index contributed by atoms with van der Waals surface area (Å²) in [6.45, 7) is 0.849. The number of aryl methyl sites for hydroxylation is 1. The van der Waals surface area contributed by atoms with Crippen molar-refractivity contribution in [1.29, 1.82) is 0 Å². The van der Waals surface area contributed by atoms with Crippen LogP contribution in [-0.4, -0.2) is 27.0 Å². The van der Waals surface area contributed by atoms with Crippen LogP contribution in [-0.2, 0) is 24.9 Å². The lowest BCUT2D eigenvalue weighted by Crippen LogP contribution is -2.29. The van der Waals surface area contributed by atoms with Crippen molar-refractivity contribution in [2.24, 2.45) is 7.05 Å². The molecule has 3 aromatic rings. The molecule has 0 aliphatic carbocycles. The molecule has 3 rings (SSSR count). The Kier molecular flexibility index (Phi) is 4.60. The molecule has 0 saturated carbocycles. The van der Waals surface area contributed by atoms with Crippen molar-refractivity contribution in [3.8, 4) is 0 Å². The second-order valence-electron chi connectivity index (χ2n) is 5.60. The Hall–Kier alpha value is -2.37. The number of para-hydroxylation sites is 2. The summed E-state index contributed by atoms with van der Waals surface area (Å²) in [5, 5.41) is 10.2. The standard InChI is InChI=1S/C18H20N2O3/c1-19-16-9-5-6-10-17(16)20(18(19)22)11-15(21)13-23-12-14-7-3-2-4-8-14/h2-10,15,21H,11-13H2,1H3. The molecule has 2 aromatic carbocycles. The molecule has 0 bridgehead atoms. The van der Waals surface area contributed by atoms with Gasteiger partial charge < -0.3 is 9.84 Å². The average Bonchev–Trinajstić information content (AvgIpc) is 2.81. The van der Waals surface area contributed by atoms with Gasteiger partial charge in [0.2, 0.25) is 0 Å². The highest BCUT2D eigenvalue weighted by atomic mass is 16.5. The third-order valence-corrected chi connectivity index (χ3v) is 3.87. The maximum atomic E-state index is 12.3. The van der Waals surface area contributed by atoms with E-state index < -0.39 is 6.10 Å². The van der Waals surface area contributed by atoms with Gasteiger partial charge in [-0.15, -0.1) is 0 Å². The minimum Gasteiger partial charge on any atom is -0.389 e. The Balaban J connectivity index is 1.65. The molecule has 1 atom stereocenters. The molecule has 0 radical (unpaired) electrons. The Labute approximate surface area is 134 Å². The Morgan fingerprint density at radius 3 is 2.43 bits per heavy atom. The van der Waals surface area contributed by atoms with Crippen LogP contribution in [0.1, 0.15) is 5.56 Å². The molecule has 1 N–H and O–H groups in total. The number of nitrogens with zero attached hydrogens (tertiary/aromatic N) is 2. The summed E-state index contributed by atoms with van der Waals surface area (Å²) in [5.74, 6) is 0. The first-order chi connectivity index (χ1) is 11.2. The quantitative estimate of drug-likeness (QED) is 0.756. The highest BCUT2D eigenvalue weighted by Gasteiger charge is 2.13. The number of fused-ring (bicyclic) bond motifs is 1. The highest BCUT2D eigenvalue weighted by Crippen LogP contribution is 2.12. The maximum Gasteiger partial charge on any atom is 0.328 e. The number of aromatic nitrogens is 2. The molecule has 0 aliphatic rings. The van der Waals surface area contributed by atoms with Crippen LogP contribution in [0.25, 0.3) is 11.0 Å². The van der Waals surface area contributed by atoms with Crippen LogP contribution in [0.15, 0.2) is 59.4 Å². The van der Waals surface area contributed by atoms with Gasteiger partial charge in [0.05, 0.1) is 36.9 Å². The number of benzene rings is 2. The van der Waals surface area contributed by atoms with Crippen LogP contribution in [0.2, 0.25) is 0 Å². The van der Waals surface area contributed by atoms with E-state index in [0.717, 1.165) is 16.6 Å². The van der Waals surface area contributed by atoms with Crippen LogP contribution in [0.4, 0.5) is 0 Å². The van der Waals surface area contributed by atoms with Crippen LogP contribution in [0, 0.1) is 0 Å². The van der Waals surface area contributed by atoms with Crippen molar-refractivity contribution >= 4 is 11.0 Å². The number of imidazole rings is 1. The largest absolute Gasteiger partial charge is 0.389 e. The predicted molar refractivity (Wildman–Crippen MR) is 89.3 cm³/mol. The van der Waals surface area contributed by atoms with Crippen molar-refractivity contribution in [1.82, 2.24) is 9.13 Å². The van der Waals surface area contributed by atoms with Gasteiger partial charge in [-0.25, -0.2) is 4.79 Å². The first-order valence-corrected chi connectivity index (χ1v) is 7.61. The van der Waals surface area contributed by atoms with Gasteiger partial charge in [-0.2, -0.15) is 0 Å². The second-order valence-corrected chi connectivity index (χ2v) is 5.60. The second kappa shape index (κ2) is 6.81. The molecule has 0 saturated heterocycles. The monoisotopic (exact) mass is 312 g/mol. The van der Waals surface area contributed by atoms with Crippen LogP contribution in [0.3, 0.4) is 0 Å². The maximum absolute atomic E-state index is 12.3. The summed E-state index contributed by atoms with van der Waals surface area (Å²) in [4.78, 5) is 12.3. The molecule has 1 unspecified atom stereocenters. The average molecular weight is 312 g/mol. The van der Waals surface area contributed by atoms with Crippen LogP contribution < -0.4 is 5.69 Å². The molecule has 0 aliphatic heterocycles. The molecule has 23 heavy (non-hydrogen) atoms. The SMILES string of the molecule is Cn1c(=O)n(CC(O)COCc2ccccc2)c2ccccc21. The lowest BCUT2D eigenvalue weighted by Gasteiger charge is -2.12. The Morgan fingerprint density at radius 2 is 1.70 bits per heavy atom. The molecule has 1 heterocycles. The Morgan fingerprint density at radius 1 is 1.04 bits per heavy atom. The van der Waals surface area contributed by atoms with Gasteiger partial charge in [-0.1, -0.05) is 42.5 Å². The molecule has 5 heteroatoms. The van der Waals surface area contributed by atoms with E-state index in [1.165, 1.54) is 0 Å². The third kappa shape index (κ3) is 3.36.